The highest BCUT2D eigenvalue weighted by atomic mass is 32.1. The van der Waals surface area contributed by atoms with Crippen LogP contribution < -0.4 is 4.74 Å². The molecule has 0 aliphatic heterocycles. The summed E-state index contributed by atoms with van der Waals surface area (Å²) in [6.45, 7) is 6.27. The summed E-state index contributed by atoms with van der Waals surface area (Å²) in [6.07, 6.45) is 1.74. The molecule has 0 amide bonds. The number of fused-ring (bicyclic) bond motifs is 1. The molecule has 5 heteroatoms. The zero-order valence-corrected chi connectivity index (χ0v) is 13.9. The van der Waals surface area contributed by atoms with Gasteiger partial charge in [0.25, 0.3) is 0 Å². The topological polar surface area (TPSA) is 55.0 Å². The molecule has 0 radical (unpaired) electrons. The zero-order valence-electron chi connectivity index (χ0n) is 13.1. The van der Waals surface area contributed by atoms with Crippen LogP contribution in [0.15, 0.2) is 29.8 Å². The highest BCUT2D eigenvalue weighted by molar-refractivity contribution is 7.12. The molecular formula is C17H18N2O2S. The monoisotopic (exact) mass is 314 g/mol. The van der Waals surface area contributed by atoms with Crippen molar-refractivity contribution >= 4 is 28.0 Å². The average Bonchev–Trinajstić information content (AvgIpc) is 3.12. The van der Waals surface area contributed by atoms with Crippen LogP contribution in [-0.4, -0.2) is 22.9 Å². The summed E-state index contributed by atoms with van der Waals surface area (Å²) >= 11 is 1.40. The number of nitrogens with zero attached hydrogens (tertiary/aromatic N) is 1. The van der Waals surface area contributed by atoms with E-state index in [2.05, 4.69) is 30.7 Å². The van der Waals surface area contributed by atoms with Crippen molar-refractivity contribution in [2.45, 2.75) is 26.2 Å². The number of nitrogens with one attached hydrogen (secondary N) is 1. The van der Waals surface area contributed by atoms with Crippen molar-refractivity contribution in [3.63, 3.8) is 0 Å². The number of ketones is 1. The standard InChI is InChI=1S/C17H18N2O2S/c1-17(2,3)14-9-22-16(19-14)15(20)12-8-18-13-7-10(21-4)5-6-11(12)13/h5-9,18H,1-4H3. The van der Waals surface area contributed by atoms with Crippen LogP contribution >= 0.6 is 11.3 Å². The van der Waals surface area contributed by atoms with Gasteiger partial charge in [0.1, 0.15) is 5.75 Å². The van der Waals surface area contributed by atoms with E-state index in [1.807, 2.05) is 23.6 Å². The highest BCUT2D eigenvalue weighted by Gasteiger charge is 2.22. The summed E-state index contributed by atoms with van der Waals surface area (Å²) in [6, 6.07) is 5.64. The van der Waals surface area contributed by atoms with Crippen LogP contribution in [0.4, 0.5) is 0 Å². The second kappa shape index (κ2) is 5.25. The third-order valence-corrected chi connectivity index (χ3v) is 4.44. The summed E-state index contributed by atoms with van der Waals surface area (Å²) < 4.78 is 5.20. The molecule has 0 bridgehead atoms. The second-order valence-electron chi connectivity index (χ2n) is 6.23. The Morgan fingerprint density at radius 1 is 1.32 bits per heavy atom. The minimum atomic E-state index is -0.0530. The Bertz CT molecular complexity index is 840. The smallest absolute Gasteiger partial charge is 0.223 e. The van der Waals surface area contributed by atoms with E-state index in [9.17, 15) is 4.79 Å². The lowest BCUT2D eigenvalue weighted by Gasteiger charge is -2.14. The molecule has 0 saturated heterocycles. The normalized spacial score (nSPS) is 11.8. The Kier molecular flexibility index (Phi) is 3.53. The van der Waals surface area contributed by atoms with Crippen LogP contribution in [0.25, 0.3) is 10.9 Å². The number of aromatic amines is 1. The minimum absolute atomic E-state index is 0.0445. The lowest BCUT2D eigenvalue weighted by molar-refractivity contribution is 0.103. The van der Waals surface area contributed by atoms with E-state index in [0.29, 0.717) is 10.6 Å². The van der Waals surface area contributed by atoms with Crippen molar-refractivity contribution < 1.29 is 9.53 Å². The summed E-state index contributed by atoms with van der Waals surface area (Å²) in [4.78, 5) is 20.3. The SMILES string of the molecule is COc1ccc2c(C(=O)c3nc(C(C)(C)C)cs3)c[nH]c2c1. The number of hydrogen-bond donors (Lipinski definition) is 1. The van der Waals surface area contributed by atoms with Gasteiger partial charge in [-0.15, -0.1) is 11.3 Å². The van der Waals surface area contributed by atoms with Gasteiger partial charge in [-0.3, -0.25) is 4.79 Å². The fourth-order valence-corrected chi connectivity index (χ4v) is 3.26. The summed E-state index contributed by atoms with van der Waals surface area (Å²) in [7, 11) is 1.62. The van der Waals surface area contributed by atoms with Gasteiger partial charge in [-0.1, -0.05) is 20.8 Å². The van der Waals surface area contributed by atoms with Crippen LogP contribution in [0.3, 0.4) is 0 Å². The molecule has 2 heterocycles. The van der Waals surface area contributed by atoms with Gasteiger partial charge in [-0.2, -0.15) is 0 Å². The number of rotatable bonds is 3. The maximum atomic E-state index is 12.7. The number of ether oxygens (including phenoxy) is 1. The first-order valence-electron chi connectivity index (χ1n) is 7.06. The molecule has 0 atom stereocenters. The number of benzene rings is 1. The number of carbonyl (C=O) groups is 1. The molecule has 0 unspecified atom stereocenters. The van der Waals surface area contributed by atoms with Crippen molar-refractivity contribution in [1.29, 1.82) is 0 Å². The predicted molar refractivity (Wildman–Crippen MR) is 89.1 cm³/mol. The molecule has 4 nitrogen and oxygen atoms in total. The van der Waals surface area contributed by atoms with E-state index < -0.39 is 0 Å². The van der Waals surface area contributed by atoms with Crippen molar-refractivity contribution in [3.8, 4) is 5.75 Å². The predicted octanol–water partition coefficient (Wildman–Crippen LogP) is 4.16. The Morgan fingerprint density at radius 2 is 2.09 bits per heavy atom. The van der Waals surface area contributed by atoms with Gasteiger partial charge in [-0.05, 0) is 12.1 Å². The van der Waals surface area contributed by atoms with Crippen molar-refractivity contribution in [2.75, 3.05) is 7.11 Å². The molecule has 22 heavy (non-hydrogen) atoms. The maximum Gasteiger partial charge on any atom is 0.223 e. The van der Waals surface area contributed by atoms with Crippen LogP contribution in [0.2, 0.25) is 0 Å². The highest BCUT2D eigenvalue weighted by Crippen LogP contribution is 2.28. The Balaban J connectivity index is 2.00. The van der Waals surface area contributed by atoms with Gasteiger partial charge in [-0.25, -0.2) is 4.98 Å². The van der Waals surface area contributed by atoms with Gasteiger partial charge in [0.05, 0.1) is 18.4 Å². The van der Waals surface area contributed by atoms with Crippen molar-refractivity contribution in [3.05, 3.63) is 46.0 Å². The molecule has 1 aromatic carbocycles. The third-order valence-electron chi connectivity index (χ3n) is 3.60. The molecule has 3 aromatic rings. The lowest BCUT2D eigenvalue weighted by Crippen LogP contribution is -2.12. The first kappa shape index (κ1) is 14.8. The fourth-order valence-electron chi connectivity index (χ4n) is 2.26. The van der Waals surface area contributed by atoms with Gasteiger partial charge in [0.2, 0.25) is 5.78 Å². The van der Waals surface area contributed by atoms with E-state index in [-0.39, 0.29) is 11.2 Å². The van der Waals surface area contributed by atoms with E-state index >= 15 is 0 Å². The van der Waals surface area contributed by atoms with Gasteiger partial charge in [0.15, 0.2) is 5.01 Å². The summed E-state index contributed by atoms with van der Waals surface area (Å²) in [5, 5.41) is 3.38. The number of carbonyl (C=O) groups excluding carboxylic acids is 1. The molecule has 0 aliphatic rings. The quantitative estimate of drug-likeness (QED) is 0.738. The largest absolute Gasteiger partial charge is 0.497 e. The Labute approximate surface area is 133 Å². The molecule has 0 saturated carbocycles. The second-order valence-corrected chi connectivity index (χ2v) is 7.09. The van der Waals surface area contributed by atoms with E-state index in [1.165, 1.54) is 11.3 Å². The number of hydrogen-bond acceptors (Lipinski definition) is 4. The van der Waals surface area contributed by atoms with Crippen LogP contribution in [-0.2, 0) is 5.41 Å². The Morgan fingerprint density at radius 3 is 2.73 bits per heavy atom. The van der Waals surface area contributed by atoms with Crippen molar-refractivity contribution in [2.24, 2.45) is 0 Å². The zero-order chi connectivity index (χ0) is 15.9. The number of thiazole rings is 1. The maximum absolute atomic E-state index is 12.7. The van der Waals surface area contributed by atoms with Crippen LogP contribution in [0.5, 0.6) is 5.75 Å². The number of H-pyrrole nitrogens is 1. The summed E-state index contributed by atoms with van der Waals surface area (Å²) in [5.74, 6) is 0.717. The minimum Gasteiger partial charge on any atom is -0.497 e. The molecule has 2 aromatic heterocycles. The van der Waals surface area contributed by atoms with E-state index in [0.717, 1.165) is 22.3 Å². The van der Waals surface area contributed by atoms with E-state index in [1.54, 1.807) is 13.3 Å². The van der Waals surface area contributed by atoms with Crippen LogP contribution in [0.1, 0.15) is 41.8 Å². The first-order chi connectivity index (χ1) is 10.4. The van der Waals surface area contributed by atoms with E-state index in [4.69, 9.17) is 4.74 Å². The average molecular weight is 314 g/mol. The summed E-state index contributed by atoms with van der Waals surface area (Å²) in [5.41, 5.74) is 2.42. The van der Waals surface area contributed by atoms with Gasteiger partial charge in [0, 0.05) is 34.0 Å². The molecule has 1 N–H and O–H groups in total. The molecular weight excluding hydrogens is 296 g/mol. The molecule has 114 valence electrons. The Hall–Kier alpha value is -2.14. The molecule has 3 rings (SSSR count). The molecule has 0 spiro atoms. The fraction of sp³-hybridized carbons (Fsp3) is 0.294. The van der Waals surface area contributed by atoms with Gasteiger partial charge >= 0.3 is 0 Å². The first-order valence-corrected chi connectivity index (χ1v) is 7.94. The van der Waals surface area contributed by atoms with Gasteiger partial charge < -0.3 is 9.72 Å². The molecule has 0 fully saturated rings. The third kappa shape index (κ3) is 2.52. The number of methoxy groups -OCH3 is 1. The van der Waals surface area contributed by atoms with Crippen LogP contribution in [0, 0.1) is 0 Å². The lowest BCUT2D eigenvalue weighted by atomic mass is 9.93. The molecule has 0 aliphatic carbocycles. The number of aromatic nitrogens is 2. The van der Waals surface area contributed by atoms with Crippen molar-refractivity contribution in [1.82, 2.24) is 9.97 Å².